The molecule has 0 atom stereocenters. The van der Waals surface area contributed by atoms with Gasteiger partial charge in [0, 0.05) is 26.1 Å². The summed E-state index contributed by atoms with van der Waals surface area (Å²) in [5.74, 6) is 0.540. The predicted molar refractivity (Wildman–Crippen MR) is 78.3 cm³/mol. The Bertz CT molecular complexity index is 330. The first-order chi connectivity index (χ1) is 9.70. The van der Waals surface area contributed by atoms with Gasteiger partial charge < -0.3 is 10.2 Å². The number of piperidine rings is 1. The predicted octanol–water partition coefficient (Wildman–Crippen LogP) is 0.847. The number of likely N-dealkylation sites (tertiary alicyclic amines) is 2. The maximum absolute atomic E-state index is 12.3. The summed E-state index contributed by atoms with van der Waals surface area (Å²) in [4.78, 5) is 28.1. The fourth-order valence-electron chi connectivity index (χ4n) is 3.17. The summed E-state index contributed by atoms with van der Waals surface area (Å²) in [5, 5.41) is 2.72. The lowest BCUT2D eigenvalue weighted by atomic mass is 9.96. The van der Waals surface area contributed by atoms with Crippen molar-refractivity contribution in [2.75, 3.05) is 39.8 Å². The van der Waals surface area contributed by atoms with Gasteiger partial charge in [-0.1, -0.05) is 12.8 Å². The summed E-state index contributed by atoms with van der Waals surface area (Å²) in [6, 6.07) is 0. The van der Waals surface area contributed by atoms with Crippen molar-refractivity contribution in [2.24, 2.45) is 5.92 Å². The van der Waals surface area contributed by atoms with E-state index in [4.69, 9.17) is 0 Å². The zero-order valence-electron chi connectivity index (χ0n) is 12.6. The molecule has 114 valence electrons. The Kier molecular flexibility index (Phi) is 5.83. The highest BCUT2D eigenvalue weighted by atomic mass is 16.2. The monoisotopic (exact) mass is 281 g/mol. The summed E-state index contributed by atoms with van der Waals surface area (Å²) in [6.45, 7) is 4.09. The van der Waals surface area contributed by atoms with Crippen molar-refractivity contribution in [3.8, 4) is 0 Å². The van der Waals surface area contributed by atoms with Crippen LogP contribution in [0.25, 0.3) is 0 Å². The minimum atomic E-state index is 0.129. The molecule has 0 aliphatic carbocycles. The van der Waals surface area contributed by atoms with Crippen molar-refractivity contribution in [3.05, 3.63) is 0 Å². The molecule has 2 saturated heterocycles. The number of rotatable bonds is 3. The number of hydrogen-bond acceptors (Lipinski definition) is 3. The van der Waals surface area contributed by atoms with Crippen molar-refractivity contribution in [1.82, 2.24) is 15.1 Å². The van der Waals surface area contributed by atoms with E-state index >= 15 is 0 Å². The second-order valence-electron chi connectivity index (χ2n) is 5.96. The van der Waals surface area contributed by atoms with Gasteiger partial charge in [0.25, 0.3) is 0 Å². The average molecular weight is 281 g/mol. The lowest BCUT2D eigenvalue weighted by Gasteiger charge is -2.32. The van der Waals surface area contributed by atoms with Gasteiger partial charge in [-0.2, -0.15) is 0 Å². The third-order valence-electron chi connectivity index (χ3n) is 4.52. The molecule has 2 rings (SSSR count). The molecule has 0 unspecified atom stereocenters. The molecule has 0 spiro atoms. The molecular formula is C15H27N3O2. The van der Waals surface area contributed by atoms with E-state index in [1.807, 2.05) is 4.90 Å². The maximum Gasteiger partial charge on any atom is 0.236 e. The van der Waals surface area contributed by atoms with Crippen LogP contribution in [-0.4, -0.2) is 61.4 Å². The quantitative estimate of drug-likeness (QED) is 0.834. The smallest absolute Gasteiger partial charge is 0.236 e. The van der Waals surface area contributed by atoms with Crippen molar-refractivity contribution in [2.45, 2.75) is 38.5 Å². The van der Waals surface area contributed by atoms with Crippen molar-refractivity contribution in [3.63, 3.8) is 0 Å². The Hall–Kier alpha value is -1.10. The lowest BCUT2D eigenvalue weighted by molar-refractivity contribution is -0.133. The zero-order chi connectivity index (χ0) is 14.4. The molecule has 0 aromatic rings. The van der Waals surface area contributed by atoms with E-state index in [-0.39, 0.29) is 17.7 Å². The summed E-state index contributed by atoms with van der Waals surface area (Å²) in [7, 11) is 1.69. The molecule has 0 saturated carbocycles. The lowest BCUT2D eigenvalue weighted by Crippen LogP contribution is -2.45. The van der Waals surface area contributed by atoms with E-state index in [0.717, 1.165) is 51.9 Å². The molecule has 0 aromatic carbocycles. The summed E-state index contributed by atoms with van der Waals surface area (Å²) < 4.78 is 0. The Labute approximate surface area is 121 Å². The van der Waals surface area contributed by atoms with Crippen LogP contribution in [0.1, 0.15) is 38.5 Å². The average Bonchev–Trinajstić information content (AvgIpc) is 2.76. The maximum atomic E-state index is 12.3. The third-order valence-corrected chi connectivity index (χ3v) is 4.52. The standard InChI is InChI=1S/C15H27N3O2/c1-16-15(20)13-6-10-17(11-7-13)12-14(19)18-8-4-2-3-5-9-18/h13H,2-12H2,1H3,(H,16,20). The first-order valence-corrected chi connectivity index (χ1v) is 7.92. The molecular weight excluding hydrogens is 254 g/mol. The highest BCUT2D eigenvalue weighted by Crippen LogP contribution is 2.17. The fourth-order valence-corrected chi connectivity index (χ4v) is 3.17. The molecule has 5 heteroatoms. The topological polar surface area (TPSA) is 52.7 Å². The van der Waals surface area contributed by atoms with E-state index in [1.165, 1.54) is 12.8 Å². The van der Waals surface area contributed by atoms with Crippen LogP contribution < -0.4 is 5.32 Å². The normalized spacial score (nSPS) is 22.4. The molecule has 2 aliphatic heterocycles. The molecule has 2 aliphatic rings. The van der Waals surface area contributed by atoms with Gasteiger partial charge >= 0.3 is 0 Å². The Morgan fingerprint density at radius 3 is 2.15 bits per heavy atom. The Morgan fingerprint density at radius 1 is 1.00 bits per heavy atom. The molecule has 1 N–H and O–H groups in total. The highest BCUT2D eigenvalue weighted by molar-refractivity contribution is 5.79. The van der Waals surface area contributed by atoms with E-state index in [9.17, 15) is 9.59 Å². The van der Waals surface area contributed by atoms with Crippen LogP contribution in [-0.2, 0) is 9.59 Å². The van der Waals surface area contributed by atoms with Crippen LogP contribution in [0.5, 0.6) is 0 Å². The van der Waals surface area contributed by atoms with Gasteiger partial charge in [-0.05, 0) is 38.8 Å². The van der Waals surface area contributed by atoms with Gasteiger partial charge in [-0.3, -0.25) is 14.5 Å². The zero-order valence-corrected chi connectivity index (χ0v) is 12.6. The van der Waals surface area contributed by atoms with Crippen molar-refractivity contribution in [1.29, 1.82) is 0 Å². The molecule has 0 bridgehead atoms. The molecule has 5 nitrogen and oxygen atoms in total. The molecule has 0 aromatic heterocycles. The van der Waals surface area contributed by atoms with Gasteiger partial charge in [-0.15, -0.1) is 0 Å². The number of nitrogens with one attached hydrogen (secondary N) is 1. The van der Waals surface area contributed by atoms with Gasteiger partial charge in [0.2, 0.25) is 11.8 Å². The summed E-state index contributed by atoms with van der Waals surface area (Å²) in [6.07, 6.45) is 6.53. The number of hydrogen-bond donors (Lipinski definition) is 1. The van der Waals surface area contributed by atoms with Crippen LogP contribution >= 0.6 is 0 Å². The summed E-state index contributed by atoms with van der Waals surface area (Å²) >= 11 is 0. The number of amides is 2. The van der Waals surface area contributed by atoms with E-state index < -0.39 is 0 Å². The molecule has 2 amide bonds. The Morgan fingerprint density at radius 2 is 1.60 bits per heavy atom. The van der Waals surface area contributed by atoms with Gasteiger partial charge in [0.1, 0.15) is 0 Å². The first kappa shape index (κ1) is 15.3. The number of carbonyl (C=O) groups is 2. The van der Waals surface area contributed by atoms with Crippen LogP contribution in [0.3, 0.4) is 0 Å². The first-order valence-electron chi connectivity index (χ1n) is 7.92. The fraction of sp³-hybridized carbons (Fsp3) is 0.867. The Balaban J connectivity index is 1.74. The van der Waals surface area contributed by atoms with Crippen molar-refractivity contribution < 1.29 is 9.59 Å². The number of nitrogens with zero attached hydrogens (tertiary/aromatic N) is 2. The van der Waals surface area contributed by atoms with Gasteiger partial charge in [0.05, 0.1) is 6.54 Å². The van der Waals surface area contributed by atoms with Crippen LogP contribution in [0.15, 0.2) is 0 Å². The number of carbonyl (C=O) groups excluding carboxylic acids is 2. The molecule has 2 fully saturated rings. The van der Waals surface area contributed by atoms with Crippen molar-refractivity contribution >= 4 is 11.8 Å². The minimum Gasteiger partial charge on any atom is -0.359 e. The van der Waals surface area contributed by atoms with Crippen LogP contribution in [0.2, 0.25) is 0 Å². The van der Waals surface area contributed by atoms with Gasteiger partial charge in [0.15, 0.2) is 0 Å². The third kappa shape index (κ3) is 4.20. The highest BCUT2D eigenvalue weighted by Gasteiger charge is 2.26. The van der Waals surface area contributed by atoms with E-state index in [2.05, 4.69) is 10.2 Å². The molecule has 2 heterocycles. The minimum absolute atomic E-state index is 0.129. The van der Waals surface area contributed by atoms with Crippen LogP contribution in [0, 0.1) is 5.92 Å². The molecule has 20 heavy (non-hydrogen) atoms. The van der Waals surface area contributed by atoms with E-state index in [1.54, 1.807) is 7.05 Å². The molecule has 0 radical (unpaired) electrons. The second-order valence-corrected chi connectivity index (χ2v) is 5.96. The van der Waals surface area contributed by atoms with Crippen LogP contribution in [0.4, 0.5) is 0 Å². The van der Waals surface area contributed by atoms with E-state index in [0.29, 0.717) is 6.54 Å². The SMILES string of the molecule is CNC(=O)C1CCN(CC(=O)N2CCCCCC2)CC1. The largest absolute Gasteiger partial charge is 0.359 e. The van der Waals surface area contributed by atoms with Gasteiger partial charge in [-0.25, -0.2) is 0 Å². The second kappa shape index (κ2) is 7.62. The summed E-state index contributed by atoms with van der Waals surface area (Å²) in [5.41, 5.74) is 0.